The quantitative estimate of drug-likeness (QED) is 0.805. The van der Waals surface area contributed by atoms with E-state index < -0.39 is 12.0 Å². The number of hydrogen-bond acceptors (Lipinski definition) is 6. The lowest BCUT2D eigenvalue weighted by Gasteiger charge is -2.16. The molecule has 1 atom stereocenters. The van der Waals surface area contributed by atoms with E-state index in [4.69, 9.17) is 10.5 Å². The second-order valence-corrected chi connectivity index (χ2v) is 3.82. The van der Waals surface area contributed by atoms with Gasteiger partial charge in [0.25, 0.3) is 0 Å². The lowest BCUT2D eigenvalue weighted by Crippen LogP contribution is -2.23. The average molecular weight is 258 g/mol. The number of esters is 1. The van der Waals surface area contributed by atoms with Gasteiger partial charge in [-0.2, -0.15) is 4.98 Å². The number of anilines is 2. The number of carbonyl (C=O) groups excluding carboxylic acids is 1. The molecule has 98 valence electrons. The summed E-state index contributed by atoms with van der Waals surface area (Å²) in [5.74, 6) is 0.186. The Morgan fingerprint density at radius 1 is 1.32 bits per heavy atom. The standard InChI is InChI=1S/C13H14N4O2/c1-19-12(18)11(9-5-3-2-4-6-9)17-13-15-8-7-10(14)16-13/h2-8,11H,1H3,(H3,14,15,16,17). The fraction of sp³-hybridized carbons (Fsp3) is 0.154. The molecule has 0 aliphatic heterocycles. The Bertz CT molecular complexity index is 560. The molecule has 1 heterocycles. The second-order valence-electron chi connectivity index (χ2n) is 3.82. The van der Waals surface area contributed by atoms with Crippen LogP contribution in [0.15, 0.2) is 42.6 Å². The third-order valence-corrected chi connectivity index (χ3v) is 2.52. The van der Waals surface area contributed by atoms with Crippen molar-refractivity contribution in [1.29, 1.82) is 0 Å². The van der Waals surface area contributed by atoms with Gasteiger partial charge in [0.15, 0.2) is 6.04 Å². The number of nitrogens with zero attached hydrogens (tertiary/aromatic N) is 2. The Hall–Kier alpha value is -2.63. The van der Waals surface area contributed by atoms with Crippen molar-refractivity contribution in [2.45, 2.75) is 6.04 Å². The highest BCUT2D eigenvalue weighted by Gasteiger charge is 2.21. The predicted octanol–water partition coefficient (Wildman–Crippen LogP) is 1.38. The summed E-state index contributed by atoms with van der Waals surface area (Å²) < 4.78 is 4.78. The Morgan fingerprint density at radius 3 is 2.68 bits per heavy atom. The smallest absolute Gasteiger partial charge is 0.333 e. The predicted molar refractivity (Wildman–Crippen MR) is 71.3 cm³/mol. The van der Waals surface area contributed by atoms with Gasteiger partial charge in [0, 0.05) is 6.20 Å². The molecular weight excluding hydrogens is 244 g/mol. The molecular formula is C13H14N4O2. The fourth-order valence-corrected chi connectivity index (χ4v) is 1.61. The van der Waals surface area contributed by atoms with E-state index >= 15 is 0 Å². The molecule has 0 saturated heterocycles. The minimum Gasteiger partial charge on any atom is -0.467 e. The van der Waals surface area contributed by atoms with Crippen molar-refractivity contribution < 1.29 is 9.53 Å². The molecule has 1 aromatic carbocycles. The molecule has 0 fully saturated rings. The van der Waals surface area contributed by atoms with Crippen LogP contribution < -0.4 is 11.1 Å². The van der Waals surface area contributed by atoms with Gasteiger partial charge in [-0.25, -0.2) is 9.78 Å². The monoisotopic (exact) mass is 258 g/mol. The summed E-state index contributed by atoms with van der Waals surface area (Å²) in [6, 6.07) is 10.1. The molecule has 0 saturated carbocycles. The van der Waals surface area contributed by atoms with E-state index in [2.05, 4.69) is 15.3 Å². The Labute approximate surface area is 110 Å². The van der Waals surface area contributed by atoms with Gasteiger partial charge in [-0.15, -0.1) is 0 Å². The van der Waals surface area contributed by atoms with Gasteiger partial charge in [-0.3, -0.25) is 0 Å². The molecule has 1 unspecified atom stereocenters. The first-order chi connectivity index (χ1) is 9.20. The van der Waals surface area contributed by atoms with Crippen LogP contribution in [0, 0.1) is 0 Å². The second kappa shape index (κ2) is 5.81. The largest absolute Gasteiger partial charge is 0.467 e. The van der Waals surface area contributed by atoms with Gasteiger partial charge in [-0.1, -0.05) is 30.3 Å². The number of benzene rings is 1. The van der Waals surface area contributed by atoms with Crippen molar-refractivity contribution in [2.24, 2.45) is 0 Å². The van der Waals surface area contributed by atoms with Crippen molar-refractivity contribution in [3.8, 4) is 0 Å². The van der Waals surface area contributed by atoms with Crippen LogP contribution in [0.4, 0.5) is 11.8 Å². The summed E-state index contributed by atoms with van der Waals surface area (Å²) in [7, 11) is 1.33. The molecule has 0 aliphatic carbocycles. The zero-order valence-electron chi connectivity index (χ0n) is 10.4. The molecule has 2 aromatic rings. The molecule has 19 heavy (non-hydrogen) atoms. The summed E-state index contributed by atoms with van der Waals surface area (Å²) >= 11 is 0. The highest BCUT2D eigenvalue weighted by molar-refractivity contribution is 5.80. The van der Waals surface area contributed by atoms with Gasteiger partial charge in [0.1, 0.15) is 5.82 Å². The van der Waals surface area contributed by atoms with E-state index in [-0.39, 0.29) is 5.95 Å². The van der Waals surface area contributed by atoms with Crippen LogP contribution >= 0.6 is 0 Å². The van der Waals surface area contributed by atoms with Gasteiger partial charge in [0.05, 0.1) is 7.11 Å². The number of aromatic nitrogens is 2. The Morgan fingerprint density at radius 2 is 2.05 bits per heavy atom. The van der Waals surface area contributed by atoms with Crippen LogP contribution in [-0.4, -0.2) is 23.0 Å². The normalized spacial score (nSPS) is 11.6. The third kappa shape index (κ3) is 3.19. The van der Waals surface area contributed by atoms with E-state index in [0.717, 1.165) is 5.56 Å². The van der Waals surface area contributed by atoms with Crippen LogP contribution in [0.1, 0.15) is 11.6 Å². The zero-order chi connectivity index (χ0) is 13.7. The van der Waals surface area contributed by atoms with Crippen molar-refractivity contribution in [1.82, 2.24) is 9.97 Å². The number of ether oxygens (including phenoxy) is 1. The molecule has 0 bridgehead atoms. The van der Waals surface area contributed by atoms with Crippen LogP contribution in [0.25, 0.3) is 0 Å². The fourth-order valence-electron chi connectivity index (χ4n) is 1.61. The number of nitrogen functional groups attached to an aromatic ring is 1. The number of hydrogen-bond donors (Lipinski definition) is 2. The molecule has 0 aliphatic rings. The first-order valence-corrected chi connectivity index (χ1v) is 5.68. The zero-order valence-corrected chi connectivity index (χ0v) is 10.4. The molecule has 2 rings (SSSR count). The van der Waals surface area contributed by atoms with E-state index in [9.17, 15) is 4.79 Å². The summed E-state index contributed by atoms with van der Waals surface area (Å²) in [6.45, 7) is 0. The van der Waals surface area contributed by atoms with Crippen molar-refractivity contribution in [3.05, 3.63) is 48.2 Å². The maximum atomic E-state index is 11.8. The third-order valence-electron chi connectivity index (χ3n) is 2.52. The van der Waals surface area contributed by atoms with Crippen LogP contribution in [-0.2, 0) is 9.53 Å². The number of nitrogens with two attached hydrogens (primary N) is 1. The van der Waals surface area contributed by atoms with Gasteiger partial charge >= 0.3 is 5.97 Å². The van der Waals surface area contributed by atoms with Crippen molar-refractivity contribution >= 4 is 17.7 Å². The average Bonchev–Trinajstić information content (AvgIpc) is 2.45. The van der Waals surface area contributed by atoms with Gasteiger partial charge < -0.3 is 15.8 Å². The molecule has 3 N–H and O–H groups in total. The highest BCUT2D eigenvalue weighted by Crippen LogP contribution is 2.18. The van der Waals surface area contributed by atoms with Crippen LogP contribution in [0.3, 0.4) is 0 Å². The summed E-state index contributed by atoms with van der Waals surface area (Å²) in [4.78, 5) is 19.8. The maximum absolute atomic E-state index is 11.8. The maximum Gasteiger partial charge on any atom is 0.333 e. The van der Waals surface area contributed by atoms with Crippen molar-refractivity contribution in [2.75, 3.05) is 18.2 Å². The van der Waals surface area contributed by atoms with Crippen LogP contribution in [0.5, 0.6) is 0 Å². The van der Waals surface area contributed by atoms with Gasteiger partial charge in [0.2, 0.25) is 5.95 Å². The summed E-state index contributed by atoms with van der Waals surface area (Å²) in [5, 5.41) is 2.91. The topological polar surface area (TPSA) is 90.1 Å². The first-order valence-electron chi connectivity index (χ1n) is 5.68. The Kier molecular flexibility index (Phi) is 3.92. The number of methoxy groups -OCH3 is 1. The number of nitrogens with one attached hydrogen (secondary N) is 1. The van der Waals surface area contributed by atoms with E-state index in [0.29, 0.717) is 5.82 Å². The number of rotatable bonds is 4. The lowest BCUT2D eigenvalue weighted by molar-refractivity contribution is -0.141. The lowest BCUT2D eigenvalue weighted by atomic mass is 10.1. The van der Waals surface area contributed by atoms with E-state index in [1.165, 1.54) is 13.3 Å². The van der Waals surface area contributed by atoms with Crippen molar-refractivity contribution in [3.63, 3.8) is 0 Å². The van der Waals surface area contributed by atoms with Crippen LogP contribution in [0.2, 0.25) is 0 Å². The van der Waals surface area contributed by atoms with E-state index in [1.54, 1.807) is 6.07 Å². The molecule has 6 nitrogen and oxygen atoms in total. The first kappa shape index (κ1) is 12.8. The molecule has 0 amide bonds. The SMILES string of the molecule is COC(=O)C(Nc1nccc(N)n1)c1ccccc1. The molecule has 0 radical (unpaired) electrons. The minimum absolute atomic E-state index is 0.277. The minimum atomic E-state index is -0.673. The highest BCUT2D eigenvalue weighted by atomic mass is 16.5. The summed E-state index contributed by atoms with van der Waals surface area (Å²) in [5.41, 5.74) is 6.34. The Balaban J connectivity index is 2.27. The molecule has 1 aromatic heterocycles. The molecule has 0 spiro atoms. The summed E-state index contributed by atoms with van der Waals surface area (Å²) in [6.07, 6.45) is 1.52. The van der Waals surface area contributed by atoms with E-state index in [1.807, 2.05) is 30.3 Å². The molecule has 6 heteroatoms. The van der Waals surface area contributed by atoms with Gasteiger partial charge in [-0.05, 0) is 11.6 Å². The number of carbonyl (C=O) groups is 1.